The molecule has 0 aromatic heterocycles. The third kappa shape index (κ3) is 1.98. The predicted molar refractivity (Wildman–Crippen MR) is 51.4 cm³/mol. The fraction of sp³-hybridized carbons (Fsp3) is 0.818. The molecule has 0 spiro atoms. The molecule has 0 amide bonds. The number of carbonyl (C=O) groups is 2. The van der Waals surface area contributed by atoms with Crippen LogP contribution in [0.1, 0.15) is 40.0 Å². The van der Waals surface area contributed by atoms with E-state index in [9.17, 15) is 9.59 Å². The number of Topliss-reactive ketones (excluding diaryl/α,β-unsaturated/α-hetero) is 1. The molecule has 0 aromatic rings. The highest BCUT2D eigenvalue weighted by Crippen LogP contribution is 2.53. The molecule has 0 aliphatic heterocycles. The highest BCUT2D eigenvalue weighted by atomic mass is 16.1. The van der Waals surface area contributed by atoms with Crippen molar-refractivity contribution in [2.24, 2.45) is 17.3 Å². The lowest BCUT2D eigenvalue weighted by molar-refractivity contribution is -0.124. The van der Waals surface area contributed by atoms with Crippen molar-refractivity contribution in [2.75, 3.05) is 0 Å². The van der Waals surface area contributed by atoms with Crippen molar-refractivity contribution in [1.29, 1.82) is 0 Å². The van der Waals surface area contributed by atoms with Gasteiger partial charge < -0.3 is 9.59 Å². The van der Waals surface area contributed by atoms with Crippen LogP contribution in [-0.4, -0.2) is 12.1 Å². The van der Waals surface area contributed by atoms with Gasteiger partial charge in [0, 0.05) is 12.8 Å². The Kier molecular flexibility index (Phi) is 2.89. The Labute approximate surface area is 79.7 Å². The minimum absolute atomic E-state index is 0.187. The fourth-order valence-corrected chi connectivity index (χ4v) is 2.33. The quantitative estimate of drug-likeness (QED) is 0.625. The first-order valence-corrected chi connectivity index (χ1v) is 4.91. The molecule has 2 atom stereocenters. The van der Waals surface area contributed by atoms with E-state index in [1.54, 1.807) is 6.92 Å². The number of ketones is 1. The third-order valence-electron chi connectivity index (χ3n) is 3.59. The number of carbonyl (C=O) groups excluding carboxylic acids is 2. The Balaban J connectivity index is 2.48. The largest absolute Gasteiger partial charge is 0.303 e. The molecule has 1 fully saturated rings. The second kappa shape index (κ2) is 3.60. The van der Waals surface area contributed by atoms with E-state index in [0.717, 1.165) is 12.7 Å². The maximum atomic E-state index is 10.9. The van der Waals surface area contributed by atoms with Crippen LogP contribution in [0.4, 0.5) is 0 Å². The minimum atomic E-state index is 0.187. The van der Waals surface area contributed by atoms with Gasteiger partial charge in [-0.2, -0.15) is 0 Å². The van der Waals surface area contributed by atoms with Gasteiger partial charge in [0.25, 0.3) is 0 Å². The summed E-state index contributed by atoms with van der Waals surface area (Å²) >= 11 is 0. The van der Waals surface area contributed by atoms with Gasteiger partial charge in [0.15, 0.2) is 0 Å². The second-order valence-electron chi connectivity index (χ2n) is 4.76. The third-order valence-corrected chi connectivity index (χ3v) is 3.59. The molecule has 0 unspecified atom stereocenters. The van der Waals surface area contributed by atoms with Gasteiger partial charge in [0.2, 0.25) is 0 Å². The molecule has 0 radical (unpaired) electrons. The van der Waals surface area contributed by atoms with E-state index in [-0.39, 0.29) is 11.2 Å². The minimum Gasteiger partial charge on any atom is -0.303 e. The zero-order valence-corrected chi connectivity index (χ0v) is 8.67. The van der Waals surface area contributed by atoms with Gasteiger partial charge in [-0.15, -0.1) is 0 Å². The number of rotatable bonds is 4. The van der Waals surface area contributed by atoms with Crippen LogP contribution < -0.4 is 0 Å². The summed E-state index contributed by atoms with van der Waals surface area (Å²) in [6.07, 6.45) is 3.38. The lowest BCUT2D eigenvalue weighted by Gasteiger charge is -2.52. The van der Waals surface area contributed by atoms with Crippen LogP contribution in [0.25, 0.3) is 0 Å². The SMILES string of the molecule is CC(=O)C[C@H]1C[C@@H](CC=O)C1(C)C. The van der Waals surface area contributed by atoms with E-state index < -0.39 is 0 Å². The summed E-state index contributed by atoms with van der Waals surface area (Å²) in [6.45, 7) is 5.97. The molecule has 0 heterocycles. The molecule has 1 rings (SSSR count). The van der Waals surface area contributed by atoms with Crippen molar-refractivity contribution < 1.29 is 9.59 Å². The van der Waals surface area contributed by atoms with E-state index in [4.69, 9.17) is 0 Å². The zero-order valence-electron chi connectivity index (χ0n) is 8.67. The highest BCUT2D eigenvalue weighted by Gasteiger charge is 2.47. The Morgan fingerprint density at radius 2 is 2.08 bits per heavy atom. The van der Waals surface area contributed by atoms with Crippen molar-refractivity contribution in [3.05, 3.63) is 0 Å². The van der Waals surface area contributed by atoms with Crippen LogP contribution in [0.5, 0.6) is 0 Å². The van der Waals surface area contributed by atoms with Crippen LogP contribution in [0.15, 0.2) is 0 Å². The van der Waals surface area contributed by atoms with Crippen molar-refractivity contribution in [3.63, 3.8) is 0 Å². The summed E-state index contributed by atoms with van der Waals surface area (Å²) < 4.78 is 0. The molecule has 0 saturated heterocycles. The topological polar surface area (TPSA) is 34.1 Å². The van der Waals surface area contributed by atoms with E-state index in [1.807, 2.05) is 0 Å². The maximum absolute atomic E-state index is 10.9. The first kappa shape index (κ1) is 10.4. The summed E-state index contributed by atoms with van der Waals surface area (Å²) in [6, 6.07) is 0. The summed E-state index contributed by atoms with van der Waals surface area (Å²) in [5.41, 5.74) is 0.187. The molecule has 1 aliphatic rings. The standard InChI is InChI=1S/C11H18O2/c1-8(13)6-10-7-9(4-5-12)11(10,2)3/h5,9-10H,4,6-7H2,1-3H3/t9-,10+/m1/s1. The number of hydrogen-bond acceptors (Lipinski definition) is 2. The molecule has 13 heavy (non-hydrogen) atoms. The van der Waals surface area contributed by atoms with Crippen molar-refractivity contribution in [2.45, 2.75) is 40.0 Å². The molecule has 74 valence electrons. The smallest absolute Gasteiger partial charge is 0.130 e. The molecule has 0 aromatic carbocycles. The van der Waals surface area contributed by atoms with E-state index >= 15 is 0 Å². The Hall–Kier alpha value is -0.660. The Bertz CT molecular complexity index is 218. The summed E-state index contributed by atoms with van der Waals surface area (Å²) in [7, 11) is 0. The lowest BCUT2D eigenvalue weighted by Crippen LogP contribution is -2.45. The normalized spacial score (nSPS) is 30.7. The molecule has 1 saturated carbocycles. The van der Waals surface area contributed by atoms with Gasteiger partial charge in [0.1, 0.15) is 12.1 Å². The van der Waals surface area contributed by atoms with Crippen LogP contribution in [-0.2, 0) is 9.59 Å². The first-order chi connectivity index (χ1) is 5.98. The van der Waals surface area contributed by atoms with E-state index in [0.29, 0.717) is 24.7 Å². The number of hydrogen-bond donors (Lipinski definition) is 0. The van der Waals surface area contributed by atoms with Crippen LogP contribution in [0.2, 0.25) is 0 Å². The van der Waals surface area contributed by atoms with Crippen LogP contribution >= 0.6 is 0 Å². The zero-order chi connectivity index (χ0) is 10.1. The first-order valence-electron chi connectivity index (χ1n) is 4.91. The van der Waals surface area contributed by atoms with E-state index in [1.165, 1.54) is 0 Å². The van der Waals surface area contributed by atoms with Gasteiger partial charge in [-0.3, -0.25) is 0 Å². The monoisotopic (exact) mass is 182 g/mol. The Morgan fingerprint density at radius 3 is 2.46 bits per heavy atom. The highest BCUT2D eigenvalue weighted by molar-refractivity contribution is 5.76. The second-order valence-corrected chi connectivity index (χ2v) is 4.76. The molecule has 1 aliphatic carbocycles. The lowest BCUT2D eigenvalue weighted by atomic mass is 9.53. The fourth-order valence-electron chi connectivity index (χ4n) is 2.33. The van der Waals surface area contributed by atoms with Gasteiger partial charge in [-0.05, 0) is 30.6 Å². The van der Waals surface area contributed by atoms with Crippen molar-refractivity contribution >= 4 is 12.1 Å². The van der Waals surface area contributed by atoms with Gasteiger partial charge >= 0.3 is 0 Å². The predicted octanol–water partition coefficient (Wildman–Crippen LogP) is 2.22. The Morgan fingerprint density at radius 1 is 1.46 bits per heavy atom. The summed E-state index contributed by atoms with van der Waals surface area (Å²) in [5, 5.41) is 0. The van der Waals surface area contributed by atoms with Gasteiger partial charge in [0.05, 0.1) is 0 Å². The molecule has 2 nitrogen and oxygen atoms in total. The molecule has 2 heteroatoms. The summed E-state index contributed by atoms with van der Waals surface area (Å²) in [5.74, 6) is 1.26. The van der Waals surface area contributed by atoms with Crippen LogP contribution in [0, 0.1) is 17.3 Å². The molecular formula is C11H18O2. The van der Waals surface area contributed by atoms with Crippen molar-refractivity contribution in [3.8, 4) is 0 Å². The molecule has 0 N–H and O–H groups in total. The van der Waals surface area contributed by atoms with Gasteiger partial charge in [-0.25, -0.2) is 0 Å². The number of aldehydes is 1. The summed E-state index contributed by atoms with van der Waals surface area (Å²) in [4.78, 5) is 21.3. The van der Waals surface area contributed by atoms with Gasteiger partial charge in [-0.1, -0.05) is 13.8 Å². The average Bonchev–Trinajstić information content (AvgIpc) is 2.02. The maximum Gasteiger partial charge on any atom is 0.130 e. The molecule has 0 bridgehead atoms. The van der Waals surface area contributed by atoms with Crippen molar-refractivity contribution in [1.82, 2.24) is 0 Å². The average molecular weight is 182 g/mol. The molecular weight excluding hydrogens is 164 g/mol. The van der Waals surface area contributed by atoms with E-state index in [2.05, 4.69) is 13.8 Å². The van der Waals surface area contributed by atoms with Crippen LogP contribution in [0.3, 0.4) is 0 Å².